The Kier molecular flexibility index (Phi) is 2.17. The lowest BCUT2D eigenvalue weighted by Gasteiger charge is -1.96. The number of hydrogen-bond acceptors (Lipinski definition) is 2. The van der Waals surface area contributed by atoms with Gasteiger partial charge in [-0.25, -0.2) is 0 Å². The molecule has 0 aliphatic rings. The van der Waals surface area contributed by atoms with Crippen molar-refractivity contribution >= 4 is 5.87 Å². The van der Waals surface area contributed by atoms with Crippen LogP contribution in [0.25, 0.3) is 0 Å². The summed E-state index contributed by atoms with van der Waals surface area (Å²) in [6.07, 6.45) is 0. The summed E-state index contributed by atoms with van der Waals surface area (Å²) >= 11 is 0. The van der Waals surface area contributed by atoms with Crippen molar-refractivity contribution < 1.29 is 0 Å². The first-order valence-electron chi connectivity index (χ1n) is 1.67. The molecule has 2 heteroatoms. The summed E-state index contributed by atoms with van der Waals surface area (Å²) in [5.74, 6) is 2.37. The first-order valence-corrected chi connectivity index (χ1v) is 1.67. The van der Waals surface area contributed by atoms with Crippen LogP contribution in [0.1, 0.15) is 0 Å². The van der Waals surface area contributed by atoms with Gasteiger partial charge in [-0.2, -0.15) is 0 Å². The van der Waals surface area contributed by atoms with Crippen molar-refractivity contribution in [1.29, 1.82) is 0 Å². The van der Waals surface area contributed by atoms with Gasteiger partial charge < -0.3 is 0 Å². The van der Waals surface area contributed by atoms with Crippen molar-refractivity contribution in [3.05, 3.63) is 6.58 Å². The molecule has 0 saturated heterocycles. The van der Waals surface area contributed by atoms with Crippen molar-refractivity contribution in [1.82, 2.24) is 5.01 Å². The largest absolute Gasteiger partial charge is 0.295 e. The summed E-state index contributed by atoms with van der Waals surface area (Å²) in [7, 11) is 3.64. The molecule has 2 nitrogen and oxygen atoms in total. The number of rotatable bonds is 1. The van der Waals surface area contributed by atoms with Crippen LogP contribution >= 0.6 is 0 Å². The fraction of sp³-hybridized carbons (Fsp3) is 0.500. The van der Waals surface area contributed by atoms with Crippen LogP contribution in [0.4, 0.5) is 0 Å². The average molecular weight is 84.1 g/mol. The molecule has 0 heterocycles. The van der Waals surface area contributed by atoms with E-state index in [-0.39, 0.29) is 0 Å². The Labute approximate surface area is 37.8 Å². The van der Waals surface area contributed by atoms with Crippen LogP contribution in [0, 0.1) is 0 Å². The summed E-state index contributed by atoms with van der Waals surface area (Å²) < 4.78 is 0. The Bertz CT molecular complexity index is 69.6. The van der Waals surface area contributed by atoms with Crippen LogP contribution in [0.3, 0.4) is 0 Å². The van der Waals surface area contributed by atoms with Gasteiger partial charge in [-0.05, 0) is 6.58 Å². The lowest BCUT2D eigenvalue weighted by molar-refractivity contribution is 0.441. The minimum atomic E-state index is 1.63. The lowest BCUT2D eigenvalue weighted by Crippen LogP contribution is -1.99. The molecule has 0 amide bonds. The first kappa shape index (κ1) is 5.25. The molecule has 0 radical (unpaired) electrons. The third-order valence-corrected chi connectivity index (χ3v) is 0.271. The van der Waals surface area contributed by atoms with Crippen molar-refractivity contribution in [2.75, 3.05) is 14.1 Å². The number of nitrogens with zero attached hydrogens (tertiary/aromatic N) is 2. The second-order valence-electron chi connectivity index (χ2n) is 1.11. The third-order valence-electron chi connectivity index (χ3n) is 0.271. The van der Waals surface area contributed by atoms with Crippen LogP contribution in [0.5, 0.6) is 0 Å². The van der Waals surface area contributed by atoms with E-state index in [0.29, 0.717) is 0 Å². The monoisotopic (exact) mass is 84.1 g/mol. The summed E-state index contributed by atoms with van der Waals surface area (Å²) in [5.41, 5.74) is 0. The van der Waals surface area contributed by atoms with Crippen LogP contribution < -0.4 is 0 Å². The zero-order valence-corrected chi connectivity index (χ0v) is 4.10. The van der Waals surface area contributed by atoms with Gasteiger partial charge >= 0.3 is 0 Å². The Morgan fingerprint density at radius 1 is 1.67 bits per heavy atom. The molecule has 0 atom stereocenters. The molecule has 0 spiro atoms. The topological polar surface area (TPSA) is 15.6 Å². The van der Waals surface area contributed by atoms with Gasteiger partial charge in [0.25, 0.3) is 0 Å². The molecule has 0 aromatic carbocycles. The minimum Gasteiger partial charge on any atom is -0.295 e. The van der Waals surface area contributed by atoms with Crippen LogP contribution in [-0.4, -0.2) is 25.0 Å². The highest BCUT2D eigenvalue weighted by Crippen LogP contribution is 1.64. The minimum absolute atomic E-state index is 1.63. The highest BCUT2D eigenvalue weighted by Gasteiger charge is 1.65. The zero-order chi connectivity index (χ0) is 4.99. The SMILES string of the molecule is C=C=NN(C)C. The summed E-state index contributed by atoms with van der Waals surface area (Å²) in [6, 6.07) is 0. The van der Waals surface area contributed by atoms with Crippen molar-refractivity contribution in [2.24, 2.45) is 5.10 Å². The maximum atomic E-state index is 3.60. The highest BCUT2D eigenvalue weighted by molar-refractivity contribution is 5.45. The molecule has 0 aliphatic heterocycles. The maximum Gasteiger partial charge on any atom is 0.0251 e. The zero-order valence-electron chi connectivity index (χ0n) is 4.10. The molecule has 0 saturated carbocycles. The molecule has 0 unspecified atom stereocenters. The van der Waals surface area contributed by atoms with E-state index in [1.165, 1.54) is 0 Å². The maximum absolute atomic E-state index is 3.60. The summed E-state index contributed by atoms with van der Waals surface area (Å²) in [5, 5.41) is 5.23. The standard InChI is InChI=1S/C4H8N2/c1-4-5-6(2)3/h1H2,2-3H3. The van der Waals surface area contributed by atoms with Crippen LogP contribution in [0.15, 0.2) is 11.7 Å². The summed E-state index contributed by atoms with van der Waals surface area (Å²) in [6.45, 7) is 3.27. The Morgan fingerprint density at radius 3 is 2.17 bits per heavy atom. The third kappa shape index (κ3) is 3.25. The van der Waals surface area contributed by atoms with Gasteiger partial charge in [0.1, 0.15) is 0 Å². The van der Waals surface area contributed by atoms with E-state index < -0.39 is 0 Å². The van der Waals surface area contributed by atoms with E-state index in [9.17, 15) is 0 Å². The van der Waals surface area contributed by atoms with Gasteiger partial charge in [0.2, 0.25) is 0 Å². The van der Waals surface area contributed by atoms with E-state index in [0.717, 1.165) is 0 Å². The molecule has 0 aromatic heterocycles. The predicted octanol–water partition coefficient (Wildman–Crippen LogP) is 0.319. The lowest BCUT2D eigenvalue weighted by atomic mass is 11.1. The van der Waals surface area contributed by atoms with E-state index in [1.54, 1.807) is 5.01 Å². The quantitative estimate of drug-likeness (QED) is 0.330. The van der Waals surface area contributed by atoms with Gasteiger partial charge in [0, 0.05) is 20.0 Å². The first-order chi connectivity index (χ1) is 2.77. The van der Waals surface area contributed by atoms with E-state index in [4.69, 9.17) is 0 Å². The van der Waals surface area contributed by atoms with Gasteiger partial charge in [0.15, 0.2) is 0 Å². The van der Waals surface area contributed by atoms with E-state index in [1.807, 2.05) is 14.1 Å². The van der Waals surface area contributed by atoms with Crippen molar-refractivity contribution in [3.63, 3.8) is 0 Å². The Hall–Kier alpha value is -0.750. The molecular formula is C4H8N2. The predicted molar refractivity (Wildman–Crippen MR) is 26.7 cm³/mol. The van der Waals surface area contributed by atoms with E-state index in [2.05, 4.69) is 17.6 Å². The van der Waals surface area contributed by atoms with Crippen LogP contribution in [-0.2, 0) is 0 Å². The molecule has 0 bridgehead atoms. The van der Waals surface area contributed by atoms with Crippen LogP contribution in [0.2, 0.25) is 0 Å². The highest BCUT2D eigenvalue weighted by atomic mass is 15.4. The number of hydrazone groups is 1. The van der Waals surface area contributed by atoms with Gasteiger partial charge in [0.05, 0.1) is 0 Å². The molecular weight excluding hydrogens is 76.1 g/mol. The normalized spacial score (nSPS) is 6.33. The summed E-state index contributed by atoms with van der Waals surface area (Å²) in [4.78, 5) is 0. The molecule has 0 N–H and O–H groups in total. The van der Waals surface area contributed by atoms with Gasteiger partial charge in [-0.15, -0.1) is 5.10 Å². The molecule has 0 aromatic rings. The van der Waals surface area contributed by atoms with Gasteiger partial charge in [-0.1, -0.05) is 0 Å². The van der Waals surface area contributed by atoms with Crippen molar-refractivity contribution in [2.45, 2.75) is 0 Å². The van der Waals surface area contributed by atoms with E-state index >= 15 is 0 Å². The smallest absolute Gasteiger partial charge is 0.0251 e. The molecule has 34 valence electrons. The number of hydrogen-bond donors (Lipinski definition) is 0. The van der Waals surface area contributed by atoms with Gasteiger partial charge in [-0.3, -0.25) is 5.01 Å². The Morgan fingerprint density at radius 2 is 2.17 bits per heavy atom. The Balaban J connectivity index is 3.29. The van der Waals surface area contributed by atoms with Crippen molar-refractivity contribution in [3.8, 4) is 0 Å². The molecule has 0 rings (SSSR count). The molecule has 0 aliphatic carbocycles. The second-order valence-corrected chi connectivity index (χ2v) is 1.11. The fourth-order valence-corrected chi connectivity index (χ4v) is 0.141. The molecule has 0 fully saturated rings. The average Bonchev–Trinajstić information content (AvgIpc) is 1.35. The second kappa shape index (κ2) is 2.49. The molecule has 6 heavy (non-hydrogen) atoms. The fourth-order valence-electron chi connectivity index (χ4n) is 0.141.